The van der Waals surface area contributed by atoms with Gasteiger partial charge in [-0.1, -0.05) is 35.3 Å². The van der Waals surface area contributed by atoms with Crippen LogP contribution in [0.5, 0.6) is 0 Å². The first-order chi connectivity index (χ1) is 17.6. The molecule has 190 valence electrons. The number of benzene rings is 2. The summed E-state index contributed by atoms with van der Waals surface area (Å²) < 4.78 is 1.84. The Labute approximate surface area is 225 Å². The number of rotatable bonds is 4. The molecule has 0 N–H and O–H groups in total. The number of nitriles is 1. The van der Waals surface area contributed by atoms with Crippen molar-refractivity contribution in [3.63, 3.8) is 0 Å². The third kappa shape index (κ3) is 4.37. The number of aryl methyl sites for hydroxylation is 1. The van der Waals surface area contributed by atoms with Crippen LogP contribution in [0.1, 0.15) is 22.4 Å². The molecular formula is C27H26Cl2N6O2. The van der Waals surface area contributed by atoms with Crippen molar-refractivity contribution in [1.82, 2.24) is 19.6 Å². The van der Waals surface area contributed by atoms with E-state index in [1.165, 1.54) is 4.90 Å². The summed E-state index contributed by atoms with van der Waals surface area (Å²) in [5.41, 5.74) is 3.27. The van der Waals surface area contributed by atoms with E-state index in [9.17, 15) is 14.9 Å². The van der Waals surface area contributed by atoms with Gasteiger partial charge in [0.25, 0.3) is 0 Å². The maximum absolute atomic E-state index is 14.3. The van der Waals surface area contributed by atoms with Crippen LogP contribution in [0.4, 0.5) is 10.5 Å². The number of urea groups is 1. The van der Waals surface area contributed by atoms with Gasteiger partial charge in [0.2, 0.25) is 5.91 Å². The van der Waals surface area contributed by atoms with Gasteiger partial charge in [0.1, 0.15) is 0 Å². The molecule has 1 aromatic heterocycles. The maximum atomic E-state index is 14.3. The fraction of sp³-hybridized carbons (Fsp3) is 0.333. The summed E-state index contributed by atoms with van der Waals surface area (Å²) in [6, 6.07) is 13.8. The zero-order chi connectivity index (χ0) is 26.5. The number of carbonyl (C=O) groups is 2. The summed E-state index contributed by atoms with van der Waals surface area (Å²) in [5, 5.41) is 14.4. The molecule has 2 aromatic carbocycles. The average molecular weight is 537 g/mol. The molecule has 2 saturated heterocycles. The van der Waals surface area contributed by atoms with Crippen LogP contribution in [0.2, 0.25) is 10.0 Å². The average Bonchev–Trinajstić information content (AvgIpc) is 3.36. The molecule has 3 aromatic rings. The number of likely N-dealkylation sites (tertiary alicyclic amines) is 1. The second-order valence-electron chi connectivity index (χ2n) is 9.89. The summed E-state index contributed by atoms with van der Waals surface area (Å²) in [4.78, 5) is 32.9. The molecule has 0 radical (unpaired) electrons. The Morgan fingerprint density at radius 3 is 2.35 bits per heavy atom. The normalized spacial score (nSPS) is 22.2. The number of anilines is 1. The zero-order valence-corrected chi connectivity index (χ0v) is 22.3. The predicted octanol–water partition coefficient (Wildman–Crippen LogP) is 4.38. The minimum atomic E-state index is -0.678. The molecule has 0 saturated carbocycles. The molecule has 3 amide bonds. The summed E-state index contributed by atoms with van der Waals surface area (Å²) in [7, 11) is 3.61. The van der Waals surface area contributed by atoms with E-state index in [2.05, 4.69) is 16.1 Å². The summed E-state index contributed by atoms with van der Waals surface area (Å²) >= 11 is 12.5. The van der Waals surface area contributed by atoms with Crippen LogP contribution < -0.4 is 4.90 Å². The molecular weight excluding hydrogens is 511 g/mol. The lowest BCUT2D eigenvalue weighted by Gasteiger charge is -2.35. The van der Waals surface area contributed by atoms with Gasteiger partial charge < -0.3 is 4.90 Å². The highest BCUT2D eigenvalue weighted by Gasteiger charge is 2.56. The van der Waals surface area contributed by atoms with Gasteiger partial charge in [-0.3, -0.25) is 14.4 Å². The van der Waals surface area contributed by atoms with E-state index in [4.69, 9.17) is 23.2 Å². The predicted molar refractivity (Wildman–Crippen MR) is 142 cm³/mol. The quantitative estimate of drug-likeness (QED) is 0.494. The van der Waals surface area contributed by atoms with E-state index in [0.717, 1.165) is 16.8 Å². The van der Waals surface area contributed by atoms with Crippen LogP contribution in [-0.2, 0) is 23.8 Å². The Balaban J connectivity index is 1.61. The molecule has 3 heterocycles. The number of halogens is 2. The molecule has 5 rings (SSSR count). The molecule has 10 heteroatoms. The van der Waals surface area contributed by atoms with Gasteiger partial charge in [0, 0.05) is 67.0 Å². The van der Waals surface area contributed by atoms with Gasteiger partial charge in [-0.2, -0.15) is 10.4 Å². The highest BCUT2D eigenvalue weighted by molar-refractivity contribution is 6.35. The van der Waals surface area contributed by atoms with Gasteiger partial charge in [-0.05, 0) is 42.8 Å². The van der Waals surface area contributed by atoms with E-state index in [0.29, 0.717) is 47.5 Å². The van der Waals surface area contributed by atoms with E-state index < -0.39 is 17.4 Å². The van der Waals surface area contributed by atoms with Crippen molar-refractivity contribution in [3.05, 3.63) is 81.1 Å². The van der Waals surface area contributed by atoms with Crippen LogP contribution in [-0.4, -0.2) is 58.2 Å². The largest absolute Gasteiger partial charge is 0.331 e. The third-order valence-corrected chi connectivity index (χ3v) is 8.03. The van der Waals surface area contributed by atoms with Crippen LogP contribution in [0, 0.1) is 24.2 Å². The number of carbonyl (C=O) groups excluding carboxylic acids is 2. The number of imide groups is 1. The first kappa shape index (κ1) is 25.3. The molecule has 37 heavy (non-hydrogen) atoms. The molecule has 0 bridgehead atoms. The van der Waals surface area contributed by atoms with Crippen molar-refractivity contribution in [3.8, 4) is 6.07 Å². The van der Waals surface area contributed by atoms with Crippen molar-refractivity contribution < 1.29 is 9.59 Å². The van der Waals surface area contributed by atoms with Crippen molar-refractivity contribution >= 4 is 40.8 Å². The topological polar surface area (TPSA) is 85.5 Å². The van der Waals surface area contributed by atoms with Gasteiger partial charge >= 0.3 is 6.03 Å². The van der Waals surface area contributed by atoms with Crippen molar-refractivity contribution in [2.75, 3.05) is 31.6 Å². The Hall–Kier alpha value is -3.38. The molecule has 2 fully saturated rings. The highest BCUT2D eigenvalue weighted by Crippen LogP contribution is 2.44. The number of hydrogen-bond acceptors (Lipinski definition) is 5. The minimum absolute atomic E-state index is 0.303. The van der Waals surface area contributed by atoms with Crippen molar-refractivity contribution in [2.45, 2.75) is 18.9 Å². The zero-order valence-electron chi connectivity index (χ0n) is 20.8. The molecule has 8 nitrogen and oxygen atoms in total. The lowest BCUT2D eigenvalue weighted by molar-refractivity contribution is -0.122. The van der Waals surface area contributed by atoms with Gasteiger partial charge in [-0.15, -0.1) is 0 Å². The standard InChI is InChI=1S/C27H26Cl2N6O2/c1-17-19(12-31-33(17)3)13-34-14-24-25(36)35(23-9-21(28)8-22(29)10-23)26(37)32(2)15-27(24,16-34)20-6-4-18(11-30)5-7-20/h4-10,12,24H,13-16H2,1-3H3/t24-,27-/m0/s1. The van der Waals surface area contributed by atoms with Gasteiger partial charge in [0.15, 0.2) is 0 Å². The van der Waals surface area contributed by atoms with Crippen molar-refractivity contribution in [2.24, 2.45) is 13.0 Å². The fourth-order valence-corrected chi connectivity index (χ4v) is 6.13. The van der Waals surface area contributed by atoms with Crippen molar-refractivity contribution in [1.29, 1.82) is 5.26 Å². The molecule has 2 aliphatic heterocycles. The lowest BCUT2D eigenvalue weighted by Crippen LogP contribution is -2.45. The van der Waals surface area contributed by atoms with E-state index in [1.54, 1.807) is 42.3 Å². The van der Waals surface area contributed by atoms with Crippen LogP contribution in [0.25, 0.3) is 0 Å². The maximum Gasteiger partial charge on any atom is 0.331 e. The highest BCUT2D eigenvalue weighted by atomic mass is 35.5. The second kappa shape index (κ2) is 9.49. The summed E-state index contributed by atoms with van der Waals surface area (Å²) in [6.45, 7) is 4.00. The molecule has 0 unspecified atom stereocenters. The van der Waals surface area contributed by atoms with E-state index in [1.807, 2.05) is 37.0 Å². The second-order valence-corrected chi connectivity index (χ2v) is 10.8. The number of likely N-dealkylation sites (N-methyl/N-ethyl adjacent to an activating group) is 1. The first-order valence-electron chi connectivity index (χ1n) is 11.9. The molecule has 0 aliphatic carbocycles. The SMILES string of the molecule is Cc1c(CN2C[C@H]3C(=O)N(c4cc(Cl)cc(Cl)c4)C(=O)N(C)C[C@@]3(c3ccc(C#N)cc3)C2)cnn1C. The number of hydrogen-bond donors (Lipinski definition) is 0. The number of nitrogens with zero attached hydrogens (tertiary/aromatic N) is 6. The Bertz CT molecular complexity index is 1410. The fourth-order valence-electron chi connectivity index (χ4n) is 5.62. The van der Waals surface area contributed by atoms with Gasteiger partial charge in [0.05, 0.1) is 29.4 Å². The third-order valence-electron chi connectivity index (χ3n) is 7.59. The van der Waals surface area contributed by atoms with Crippen LogP contribution >= 0.6 is 23.2 Å². The molecule has 2 aliphatic rings. The first-order valence-corrected chi connectivity index (χ1v) is 12.6. The summed E-state index contributed by atoms with van der Waals surface area (Å²) in [5.74, 6) is -0.827. The van der Waals surface area contributed by atoms with Crippen LogP contribution in [0.15, 0.2) is 48.7 Å². The monoisotopic (exact) mass is 536 g/mol. The Kier molecular flexibility index (Phi) is 6.48. The lowest BCUT2D eigenvalue weighted by atomic mass is 9.71. The number of amides is 3. The number of aromatic nitrogens is 2. The molecule has 2 atom stereocenters. The van der Waals surface area contributed by atoms with E-state index in [-0.39, 0.29) is 5.91 Å². The van der Waals surface area contributed by atoms with E-state index >= 15 is 0 Å². The Morgan fingerprint density at radius 2 is 1.76 bits per heavy atom. The number of fused-ring (bicyclic) bond motifs is 1. The summed E-state index contributed by atoms with van der Waals surface area (Å²) in [6.07, 6.45) is 1.86. The minimum Gasteiger partial charge on any atom is -0.326 e. The smallest absolute Gasteiger partial charge is 0.326 e. The van der Waals surface area contributed by atoms with Gasteiger partial charge in [-0.25, -0.2) is 9.69 Å². The van der Waals surface area contributed by atoms with Crippen LogP contribution in [0.3, 0.4) is 0 Å². The Morgan fingerprint density at radius 1 is 1.08 bits per heavy atom. The molecule has 0 spiro atoms.